The van der Waals surface area contributed by atoms with E-state index in [2.05, 4.69) is 29.8 Å². The predicted molar refractivity (Wildman–Crippen MR) is 67.5 cm³/mol. The van der Waals surface area contributed by atoms with E-state index >= 15 is 0 Å². The van der Waals surface area contributed by atoms with Gasteiger partial charge in [-0.25, -0.2) is 0 Å². The molecule has 1 aliphatic heterocycles. The van der Waals surface area contributed by atoms with Gasteiger partial charge in [0.1, 0.15) is 0 Å². The van der Waals surface area contributed by atoms with E-state index in [1.807, 2.05) is 6.07 Å². The topological polar surface area (TPSA) is 38.7 Å². The van der Waals surface area contributed by atoms with Gasteiger partial charge >= 0.3 is 0 Å². The standard InChI is InChI=1S/C13H15BrO3/c1-7(2)10-8(13(15)3-4-13)5-9(14)11-12(10)17-6-16-11/h5,7,15H,3-4,6H2,1-2H3. The SMILES string of the molecule is CC(C)c1c(C2(O)CC2)cc(Br)c2c1OCO2. The van der Waals surface area contributed by atoms with Crippen molar-refractivity contribution in [3.63, 3.8) is 0 Å². The number of hydrogen-bond donors (Lipinski definition) is 1. The summed E-state index contributed by atoms with van der Waals surface area (Å²) in [4.78, 5) is 0. The van der Waals surface area contributed by atoms with E-state index in [-0.39, 0.29) is 6.79 Å². The van der Waals surface area contributed by atoms with Crippen molar-refractivity contribution in [1.82, 2.24) is 0 Å². The molecule has 1 heterocycles. The van der Waals surface area contributed by atoms with Crippen LogP contribution in [0.4, 0.5) is 0 Å². The second-order valence-electron chi connectivity index (χ2n) is 5.07. The summed E-state index contributed by atoms with van der Waals surface area (Å²) >= 11 is 3.49. The normalized spacial score (nSPS) is 19.8. The minimum atomic E-state index is -0.650. The molecular weight excluding hydrogens is 284 g/mol. The number of hydrogen-bond acceptors (Lipinski definition) is 3. The van der Waals surface area contributed by atoms with Gasteiger partial charge in [-0.3, -0.25) is 0 Å². The monoisotopic (exact) mass is 298 g/mol. The van der Waals surface area contributed by atoms with Gasteiger partial charge in [0, 0.05) is 5.56 Å². The number of benzene rings is 1. The van der Waals surface area contributed by atoms with Crippen LogP contribution >= 0.6 is 15.9 Å². The minimum absolute atomic E-state index is 0.259. The maximum absolute atomic E-state index is 10.4. The van der Waals surface area contributed by atoms with Crippen molar-refractivity contribution < 1.29 is 14.6 Å². The van der Waals surface area contributed by atoms with E-state index in [1.165, 1.54) is 0 Å². The average molecular weight is 299 g/mol. The van der Waals surface area contributed by atoms with E-state index in [9.17, 15) is 5.11 Å². The molecule has 2 aliphatic rings. The Morgan fingerprint density at radius 2 is 1.94 bits per heavy atom. The molecule has 0 amide bonds. The van der Waals surface area contributed by atoms with E-state index in [4.69, 9.17) is 9.47 Å². The van der Waals surface area contributed by atoms with Crippen molar-refractivity contribution in [2.75, 3.05) is 6.79 Å². The summed E-state index contributed by atoms with van der Waals surface area (Å²) in [5.74, 6) is 1.87. The molecule has 0 atom stereocenters. The molecule has 0 radical (unpaired) electrons. The van der Waals surface area contributed by atoms with Gasteiger partial charge in [0.05, 0.1) is 10.1 Å². The highest BCUT2D eigenvalue weighted by Gasteiger charge is 2.45. The van der Waals surface area contributed by atoms with Crippen LogP contribution in [0, 0.1) is 0 Å². The van der Waals surface area contributed by atoms with Crippen LogP contribution in [-0.4, -0.2) is 11.9 Å². The summed E-state index contributed by atoms with van der Waals surface area (Å²) in [5, 5.41) is 10.4. The number of rotatable bonds is 2. The maximum Gasteiger partial charge on any atom is 0.231 e. The molecule has 3 nitrogen and oxygen atoms in total. The molecule has 1 saturated carbocycles. The van der Waals surface area contributed by atoms with E-state index in [1.54, 1.807) is 0 Å². The van der Waals surface area contributed by atoms with Crippen molar-refractivity contribution in [3.05, 3.63) is 21.7 Å². The molecule has 1 aromatic rings. The zero-order valence-corrected chi connectivity index (χ0v) is 11.5. The molecule has 0 aromatic heterocycles. The van der Waals surface area contributed by atoms with Gasteiger partial charge < -0.3 is 14.6 Å². The molecule has 3 rings (SSSR count). The lowest BCUT2D eigenvalue weighted by molar-refractivity contribution is 0.148. The Bertz CT molecular complexity index is 478. The summed E-state index contributed by atoms with van der Waals surface area (Å²) in [6.45, 7) is 4.48. The maximum atomic E-state index is 10.4. The molecule has 1 aromatic carbocycles. The third kappa shape index (κ3) is 1.66. The molecule has 17 heavy (non-hydrogen) atoms. The van der Waals surface area contributed by atoms with E-state index < -0.39 is 5.60 Å². The Kier molecular flexibility index (Phi) is 2.42. The van der Waals surface area contributed by atoms with Gasteiger partial charge in [0.15, 0.2) is 11.5 Å². The quantitative estimate of drug-likeness (QED) is 0.911. The molecule has 4 heteroatoms. The molecule has 0 spiro atoms. The van der Waals surface area contributed by atoms with Crippen LogP contribution in [0.5, 0.6) is 11.5 Å². The third-order valence-electron chi connectivity index (χ3n) is 3.44. The van der Waals surface area contributed by atoms with Crippen LogP contribution in [0.3, 0.4) is 0 Å². The molecule has 1 aliphatic carbocycles. The van der Waals surface area contributed by atoms with Crippen LogP contribution < -0.4 is 9.47 Å². The van der Waals surface area contributed by atoms with Gasteiger partial charge in [-0.15, -0.1) is 0 Å². The lowest BCUT2D eigenvalue weighted by atomic mass is 9.91. The fourth-order valence-corrected chi connectivity index (χ4v) is 2.92. The van der Waals surface area contributed by atoms with Crippen molar-refractivity contribution in [2.24, 2.45) is 0 Å². The summed E-state index contributed by atoms with van der Waals surface area (Å²) < 4.78 is 11.9. The third-order valence-corrected chi connectivity index (χ3v) is 4.03. The van der Waals surface area contributed by atoms with Crippen molar-refractivity contribution in [2.45, 2.75) is 38.2 Å². The zero-order chi connectivity index (χ0) is 12.2. The highest BCUT2D eigenvalue weighted by molar-refractivity contribution is 9.10. The fourth-order valence-electron chi connectivity index (χ4n) is 2.39. The second-order valence-corrected chi connectivity index (χ2v) is 5.93. The molecular formula is C13H15BrO3. The molecule has 0 unspecified atom stereocenters. The molecule has 92 valence electrons. The molecule has 1 N–H and O–H groups in total. The van der Waals surface area contributed by atoms with Gasteiger partial charge in [-0.2, -0.15) is 0 Å². The molecule has 1 fully saturated rings. The first-order chi connectivity index (χ1) is 8.03. The Morgan fingerprint density at radius 3 is 2.53 bits per heavy atom. The lowest BCUT2D eigenvalue weighted by Gasteiger charge is -2.20. The highest BCUT2D eigenvalue weighted by Crippen LogP contribution is 2.54. The van der Waals surface area contributed by atoms with E-state index in [0.717, 1.165) is 39.9 Å². The van der Waals surface area contributed by atoms with Crippen molar-refractivity contribution in [3.8, 4) is 11.5 Å². The van der Waals surface area contributed by atoms with Crippen LogP contribution in [-0.2, 0) is 5.60 Å². The minimum Gasteiger partial charge on any atom is -0.453 e. The Labute approximate surface area is 109 Å². The summed E-state index contributed by atoms with van der Waals surface area (Å²) in [7, 11) is 0. The number of fused-ring (bicyclic) bond motifs is 1. The predicted octanol–water partition coefficient (Wildman–Crippen LogP) is 3.28. The summed E-state index contributed by atoms with van der Waals surface area (Å²) in [6, 6.07) is 1.98. The average Bonchev–Trinajstić information content (AvgIpc) is 2.83. The van der Waals surface area contributed by atoms with Crippen LogP contribution in [0.1, 0.15) is 43.7 Å². The highest BCUT2D eigenvalue weighted by atomic mass is 79.9. The first-order valence-corrected chi connectivity index (χ1v) is 6.67. The molecule has 0 bridgehead atoms. The number of ether oxygens (including phenoxy) is 2. The largest absolute Gasteiger partial charge is 0.453 e. The smallest absolute Gasteiger partial charge is 0.231 e. The van der Waals surface area contributed by atoms with Gasteiger partial charge in [0.2, 0.25) is 6.79 Å². The van der Waals surface area contributed by atoms with Crippen LogP contribution in [0.15, 0.2) is 10.5 Å². The van der Waals surface area contributed by atoms with Gasteiger partial charge in [-0.1, -0.05) is 13.8 Å². The number of halogens is 1. The Balaban J connectivity index is 2.24. The van der Waals surface area contributed by atoms with Gasteiger partial charge in [0.25, 0.3) is 0 Å². The number of aliphatic hydroxyl groups is 1. The van der Waals surface area contributed by atoms with Gasteiger partial charge in [-0.05, 0) is 46.3 Å². The van der Waals surface area contributed by atoms with E-state index in [0.29, 0.717) is 5.92 Å². The van der Waals surface area contributed by atoms with Crippen molar-refractivity contribution in [1.29, 1.82) is 0 Å². The first kappa shape index (κ1) is 11.4. The van der Waals surface area contributed by atoms with Crippen molar-refractivity contribution >= 4 is 15.9 Å². The second kappa shape index (κ2) is 3.62. The first-order valence-electron chi connectivity index (χ1n) is 5.88. The zero-order valence-electron chi connectivity index (χ0n) is 9.92. The van der Waals surface area contributed by atoms with Crippen LogP contribution in [0.25, 0.3) is 0 Å². The van der Waals surface area contributed by atoms with Crippen LogP contribution in [0.2, 0.25) is 0 Å². The fraction of sp³-hybridized carbons (Fsp3) is 0.538. The summed E-state index contributed by atoms with van der Waals surface area (Å²) in [6.07, 6.45) is 1.66. The molecule has 0 saturated heterocycles. The lowest BCUT2D eigenvalue weighted by Crippen LogP contribution is -2.10. The Hall–Kier alpha value is -0.740. The summed E-state index contributed by atoms with van der Waals surface area (Å²) in [5.41, 5.74) is 1.42. The Morgan fingerprint density at radius 1 is 1.29 bits per heavy atom.